The molecule has 0 unspecified atom stereocenters. The molecule has 10 nitrogen and oxygen atoms in total. The number of nitrogens with one attached hydrogen (secondary N) is 1. The van der Waals surface area contributed by atoms with Crippen molar-refractivity contribution in [3.8, 4) is 0 Å². The highest BCUT2D eigenvalue weighted by atomic mass is 32.2. The van der Waals surface area contributed by atoms with Gasteiger partial charge in [-0.15, -0.1) is 0 Å². The molecule has 0 atom stereocenters. The topological polar surface area (TPSA) is 128 Å². The van der Waals surface area contributed by atoms with Gasteiger partial charge in [-0.3, -0.25) is 14.7 Å². The fourth-order valence-electron chi connectivity index (χ4n) is 4.04. The van der Waals surface area contributed by atoms with Crippen LogP contribution in [0.5, 0.6) is 0 Å². The first-order chi connectivity index (χ1) is 16.1. The number of hydrogen-bond donors (Lipinski definition) is 1. The van der Waals surface area contributed by atoms with Crippen LogP contribution >= 0.6 is 7.60 Å². The Morgan fingerprint density at radius 3 is 2.15 bits per heavy atom. The zero-order valence-electron chi connectivity index (χ0n) is 19.5. The summed E-state index contributed by atoms with van der Waals surface area (Å²) < 4.78 is 53.0. The number of nitro benzene ring substituents is 1. The van der Waals surface area contributed by atoms with Crippen LogP contribution < -0.4 is 5.32 Å². The van der Waals surface area contributed by atoms with Crippen molar-refractivity contribution in [1.82, 2.24) is 4.31 Å². The maximum atomic E-state index is 14.0. The fraction of sp³-hybridized carbons (Fsp3) is 0.455. The van der Waals surface area contributed by atoms with Crippen LogP contribution in [0.15, 0.2) is 53.4 Å². The van der Waals surface area contributed by atoms with Crippen LogP contribution in [-0.4, -0.2) is 49.2 Å². The zero-order valence-corrected chi connectivity index (χ0v) is 21.2. The lowest BCUT2D eigenvalue weighted by molar-refractivity contribution is -0.384. The SMILES string of the molecule is CCOP(=O)(OCC)C1(Nc2ccccc2[N+](=O)[O-])CCN(S(=O)(=O)c2ccc(C)cc2)CC1. The molecule has 2 aromatic rings. The van der Waals surface area contributed by atoms with Gasteiger partial charge in [0.2, 0.25) is 10.0 Å². The van der Waals surface area contributed by atoms with Crippen molar-refractivity contribution in [2.75, 3.05) is 31.6 Å². The minimum atomic E-state index is -3.85. The van der Waals surface area contributed by atoms with Crippen molar-refractivity contribution in [2.24, 2.45) is 0 Å². The van der Waals surface area contributed by atoms with Crippen molar-refractivity contribution in [3.63, 3.8) is 0 Å². The molecule has 1 aliphatic rings. The number of nitrogens with zero attached hydrogens (tertiary/aromatic N) is 2. The molecule has 0 radical (unpaired) electrons. The van der Waals surface area contributed by atoms with E-state index in [9.17, 15) is 23.1 Å². The average molecular weight is 512 g/mol. The lowest BCUT2D eigenvalue weighted by Gasteiger charge is -2.45. The first-order valence-corrected chi connectivity index (χ1v) is 14.0. The molecule has 0 aromatic heterocycles. The lowest BCUT2D eigenvalue weighted by Crippen LogP contribution is -2.51. The number of piperidine rings is 1. The van der Waals surface area contributed by atoms with Gasteiger partial charge in [0, 0.05) is 19.2 Å². The summed E-state index contributed by atoms with van der Waals surface area (Å²) in [5.74, 6) is 0. The quantitative estimate of drug-likeness (QED) is 0.275. The second kappa shape index (κ2) is 10.5. The molecule has 0 bridgehead atoms. The lowest BCUT2D eigenvalue weighted by atomic mass is 10.0. The standard InChI is InChI=1S/C22H30N3O7PS/c1-4-31-33(28,32-5-2)22(23-20-8-6-7-9-21(20)25(26)27)14-16-24(17-15-22)34(29,30)19-12-10-18(3)11-13-19/h6-13,23H,4-5,14-17H2,1-3H3. The highest BCUT2D eigenvalue weighted by molar-refractivity contribution is 7.89. The first kappa shape index (κ1) is 26.3. The van der Waals surface area contributed by atoms with Gasteiger partial charge in [-0.1, -0.05) is 29.8 Å². The number of benzene rings is 2. The Morgan fingerprint density at radius 1 is 1.06 bits per heavy atom. The van der Waals surface area contributed by atoms with Crippen molar-refractivity contribution < 1.29 is 27.0 Å². The molecular weight excluding hydrogens is 481 g/mol. The Morgan fingerprint density at radius 2 is 1.62 bits per heavy atom. The number of rotatable bonds is 10. The second-order valence-corrected chi connectivity index (χ2v) is 12.3. The van der Waals surface area contributed by atoms with Crippen molar-refractivity contribution in [1.29, 1.82) is 0 Å². The summed E-state index contributed by atoms with van der Waals surface area (Å²) in [6.07, 6.45) is 0.142. The Kier molecular flexibility index (Phi) is 8.15. The van der Waals surface area contributed by atoms with Gasteiger partial charge in [0.05, 0.1) is 23.0 Å². The average Bonchev–Trinajstić information content (AvgIpc) is 2.80. The Balaban J connectivity index is 1.98. The molecule has 1 fully saturated rings. The summed E-state index contributed by atoms with van der Waals surface area (Å²) in [6, 6.07) is 12.6. The number of aryl methyl sites for hydroxylation is 1. The predicted octanol–water partition coefficient (Wildman–Crippen LogP) is 4.76. The highest BCUT2D eigenvalue weighted by Gasteiger charge is 2.54. The highest BCUT2D eigenvalue weighted by Crippen LogP contribution is 2.64. The van der Waals surface area contributed by atoms with Gasteiger partial charge in [0.1, 0.15) is 11.0 Å². The summed E-state index contributed by atoms with van der Waals surface area (Å²) >= 11 is 0. The van der Waals surface area contributed by atoms with E-state index in [1.807, 2.05) is 6.92 Å². The van der Waals surface area contributed by atoms with E-state index in [-0.39, 0.29) is 55.4 Å². The number of anilines is 1. The van der Waals surface area contributed by atoms with Gasteiger partial charge in [0.25, 0.3) is 5.69 Å². The van der Waals surface area contributed by atoms with Crippen LogP contribution in [0.25, 0.3) is 0 Å². The van der Waals surface area contributed by atoms with E-state index < -0.39 is 27.8 Å². The molecule has 0 spiro atoms. The molecule has 2 aromatic carbocycles. The molecule has 1 N–H and O–H groups in total. The largest absolute Gasteiger partial charge is 0.363 e. The molecule has 1 aliphatic heterocycles. The molecule has 1 saturated heterocycles. The van der Waals surface area contributed by atoms with E-state index in [0.29, 0.717) is 0 Å². The van der Waals surface area contributed by atoms with Crippen LogP contribution in [0.2, 0.25) is 0 Å². The third-order valence-electron chi connectivity index (χ3n) is 5.80. The van der Waals surface area contributed by atoms with Crippen LogP contribution in [0.4, 0.5) is 11.4 Å². The maximum absolute atomic E-state index is 14.0. The van der Waals surface area contributed by atoms with E-state index in [4.69, 9.17) is 9.05 Å². The molecule has 0 saturated carbocycles. The Hall–Kier alpha value is -2.30. The van der Waals surface area contributed by atoms with Crippen LogP contribution in [0, 0.1) is 17.0 Å². The smallest absolute Gasteiger partial charge is 0.355 e. The molecule has 186 valence electrons. The van der Waals surface area contributed by atoms with E-state index in [1.54, 1.807) is 44.2 Å². The van der Waals surface area contributed by atoms with Gasteiger partial charge < -0.3 is 14.4 Å². The maximum Gasteiger partial charge on any atom is 0.355 e. The van der Waals surface area contributed by atoms with E-state index in [2.05, 4.69) is 5.32 Å². The number of nitro groups is 1. The molecule has 0 amide bonds. The van der Waals surface area contributed by atoms with Crippen LogP contribution in [0.1, 0.15) is 32.3 Å². The summed E-state index contributed by atoms with van der Waals surface area (Å²) in [4.78, 5) is 11.2. The monoisotopic (exact) mass is 511 g/mol. The van der Waals surface area contributed by atoms with Gasteiger partial charge in [-0.2, -0.15) is 4.31 Å². The van der Waals surface area contributed by atoms with Crippen LogP contribution in [0.3, 0.4) is 0 Å². The molecule has 3 rings (SSSR count). The Labute approximate surface area is 200 Å². The normalized spacial score (nSPS) is 16.8. The van der Waals surface area contributed by atoms with Crippen molar-refractivity contribution in [2.45, 2.75) is 43.8 Å². The molecule has 1 heterocycles. The first-order valence-electron chi connectivity index (χ1n) is 11.1. The summed E-state index contributed by atoms with van der Waals surface area (Å²) in [5.41, 5.74) is 0.928. The van der Waals surface area contributed by atoms with Crippen molar-refractivity contribution >= 4 is 29.0 Å². The third kappa shape index (κ3) is 5.18. The van der Waals surface area contributed by atoms with Crippen molar-refractivity contribution in [3.05, 3.63) is 64.2 Å². The number of hydrogen-bond acceptors (Lipinski definition) is 8. The minimum Gasteiger partial charge on any atom is -0.363 e. The molecule has 0 aliphatic carbocycles. The second-order valence-electron chi connectivity index (χ2n) is 7.98. The van der Waals surface area contributed by atoms with Crippen LogP contribution in [-0.2, 0) is 23.6 Å². The van der Waals surface area contributed by atoms with E-state index in [1.165, 1.54) is 22.5 Å². The summed E-state index contributed by atoms with van der Waals surface area (Å²) in [7, 11) is -7.62. The molecular formula is C22H30N3O7PS. The minimum absolute atomic E-state index is 0.0357. The molecule has 12 heteroatoms. The summed E-state index contributed by atoms with van der Waals surface area (Å²) in [5, 5.41) is 13.3. The van der Waals surface area contributed by atoms with Gasteiger partial charge in [-0.05, 0) is 51.8 Å². The number of sulfonamides is 1. The van der Waals surface area contributed by atoms with Gasteiger partial charge >= 0.3 is 7.60 Å². The molecule has 34 heavy (non-hydrogen) atoms. The fourth-order valence-corrected chi connectivity index (χ4v) is 7.73. The van der Waals surface area contributed by atoms with E-state index in [0.717, 1.165) is 5.56 Å². The predicted molar refractivity (Wildman–Crippen MR) is 129 cm³/mol. The van der Waals surface area contributed by atoms with Gasteiger partial charge in [0.15, 0.2) is 0 Å². The summed E-state index contributed by atoms with van der Waals surface area (Å²) in [6.45, 7) is 5.51. The van der Waals surface area contributed by atoms with Gasteiger partial charge in [-0.25, -0.2) is 8.42 Å². The Bertz CT molecular complexity index is 1150. The number of para-hydroxylation sites is 2. The third-order valence-corrected chi connectivity index (χ3v) is 10.5. The zero-order chi connectivity index (χ0) is 25.0. The van der Waals surface area contributed by atoms with E-state index >= 15 is 0 Å².